The van der Waals surface area contributed by atoms with Crippen molar-refractivity contribution >= 4 is 5.69 Å². The summed E-state index contributed by atoms with van der Waals surface area (Å²) in [6, 6.07) is 7.89. The Kier molecular flexibility index (Phi) is 3.88. The molecule has 2 rings (SSSR count). The topological polar surface area (TPSA) is 47.3 Å². The number of anilines is 1. The van der Waals surface area contributed by atoms with Crippen molar-refractivity contribution < 1.29 is 5.11 Å². The Labute approximate surface area is 109 Å². The first kappa shape index (κ1) is 12.9. The van der Waals surface area contributed by atoms with Gasteiger partial charge < -0.3 is 10.0 Å². The van der Waals surface area contributed by atoms with Crippen LogP contribution in [0.1, 0.15) is 31.4 Å². The van der Waals surface area contributed by atoms with Crippen molar-refractivity contribution in [2.45, 2.75) is 26.9 Å². The summed E-state index contributed by atoms with van der Waals surface area (Å²) in [4.78, 5) is 2.30. The quantitative estimate of drug-likeness (QED) is 0.888. The molecule has 1 N–H and O–H groups in total. The maximum absolute atomic E-state index is 9.22. The van der Waals surface area contributed by atoms with Gasteiger partial charge in [-0.3, -0.25) is 0 Å². The van der Waals surface area contributed by atoms with Gasteiger partial charge in [0.25, 0.3) is 0 Å². The Hall–Kier alpha value is -1.53. The van der Waals surface area contributed by atoms with Gasteiger partial charge in [0, 0.05) is 13.1 Å². The minimum absolute atomic E-state index is 0.0103. The van der Waals surface area contributed by atoms with E-state index in [9.17, 15) is 5.26 Å². The first-order valence-electron chi connectivity index (χ1n) is 6.54. The predicted octanol–water partition coefficient (Wildman–Crippen LogP) is 2.53. The molecular formula is C15H20N2O. The highest BCUT2D eigenvalue weighted by atomic mass is 16.3. The minimum atomic E-state index is -0.0103. The number of hydrogen-bond acceptors (Lipinski definition) is 3. The molecule has 18 heavy (non-hydrogen) atoms. The van der Waals surface area contributed by atoms with Crippen LogP contribution in [-0.4, -0.2) is 18.2 Å². The van der Waals surface area contributed by atoms with Crippen molar-refractivity contribution in [3.05, 3.63) is 29.3 Å². The van der Waals surface area contributed by atoms with Gasteiger partial charge in [-0.2, -0.15) is 5.26 Å². The minimum Gasteiger partial charge on any atom is -0.392 e. The number of nitriles is 1. The van der Waals surface area contributed by atoms with Crippen molar-refractivity contribution in [3.63, 3.8) is 0 Å². The van der Waals surface area contributed by atoms with Crippen LogP contribution in [0.3, 0.4) is 0 Å². The smallest absolute Gasteiger partial charge is 0.101 e. The Morgan fingerprint density at radius 1 is 1.50 bits per heavy atom. The molecule has 0 aromatic heterocycles. The van der Waals surface area contributed by atoms with Gasteiger partial charge in [0.15, 0.2) is 0 Å². The summed E-state index contributed by atoms with van der Waals surface area (Å²) in [7, 11) is 0. The van der Waals surface area contributed by atoms with Gasteiger partial charge in [0.2, 0.25) is 0 Å². The second-order valence-electron chi connectivity index (χ2n) is 5.36. The van der Waals surface area contributed by atoms with E-state index in [1.807, 2.05) is 12.1 Å². The zero-order valence-electron chi connectivity index (χ0n) is 11.1. The van der Waals surface area contributed by atoms with E-state index in [4.69, 9.17) is 5.11 Å². The lowest BCUT2D eigenvalue weighted by Gasteiger charge is -2.21. The van der Waals surface area contributed by atoms with Crippen LogP contribution in [0.5, 0.6) is 0 Å². The third-order valence-electron chi connectivity index (χ3n) is 3.87. The fourth-order valence-corrected chi connectivity index (χ4v) is 2.60. The van der Waals surface area contributed by atoms with E-state index in [-0.39, 0.29) is 6.61 Å². The first-order chi connectivity index (χ1) is 8.65. The van der Waals surface area contributed by atoms with Crippen LogP contribution < -0.4 is 4.90 Å². The van der Waals surface area contributed by atoms with Crippen LogP contribution in [0.4, 0.5) is 5.69 Å². The number of hydrogen-bond donors (Lipinski definition) is 1. The molecule has 1 atom stereocenters. The molecule has 0 radical (unpaired) electrons. The molecule has 0 spiro atoms. The van der Waals surface area contributed by atoms with Crippen LogP contribution in [0.2, 0.25) is 0 Å². The highest BCUT2D eigenvalue weighted by Gasteiger charge is 2.26. The van der Waals surface area contributed by atoms with E-state index in [0.717, 1.165) is 24.3 Å². The number of benzene rings is 1. The normalized spacial score (nSPS) is 19.3. The largest absolute Gasteiger partial charge is 0.392 e. The SMILES string of the molecule is CC(C)C1CCN(c2ccc(CO)cc2C#N)C1. The van der Waals surface area contributed by atoms with E-state index in [1.165, 1.54) is 6.42 Å². The summed E-state index contributed by atoms with van der Waals surface area (Å²) in [5, 5.41) is 18.3. The Bertz CT molecular complexity index is 462. The summed E-state index contributed by atoms with van der Waals surface area (Å²) < 4.78 is 0. The highest BCUT2D eigenvalue weighted by Crippen LogP contribution is 2.30. The van der Waals surface area contributed by atoms with Gasteiger partial charge in [-0.05, 0) is 36.0 Å². The molecule has 1 heterocycles. The van der Waals surface area contributed by atoms with Crippen molar-refractivity contribution in [3.8, 4) is 6.07 Å². The molecule has 0 amide bonds. The molecule has 1 aliphatic rings. The van der Waals surface area contributed by atoms with Crippen LogP contribution in [0.25, 0.3) is 0 Å². The van der Waals surface area contributed by atoms with Gasteiger partial charge in [-0.1, -0.05) is 19.9 Å². The van der Waals surface area contributed by atoms with E-state index in [0.29, 0.717) is 17.4 Å². The Balaban J connectivity index is 2.22. The third-order valence-corrected chi connectivity index (χ3v) is 3.87. The summed E-state index contributed by atoms with van der Waals surface area (Å²) in [5.74, 6) is 1.41. The molecule has 1 unspecified atom stereocenters. The van der Waals surface area contributed by atoms with Crippen molar-refractivity contribution in [2.24, 2.45) is 11.8 Å². The molecule has 3 nitrogen and oxygen atoms in total. The Morgan fingerprint density at radius 2 is 2.28 bits per heavy atom. The van der Waals surface area contributed by atoms with E-state index >= 15 is 0 Å². The van der Waals surface area contributed by atoms with Gasteiger partial charge >= 0.3 is 0 Å². The van der Waals surface area contributed by atoms with E-state index < -0.39 is 0 Å². The summed E-state index contributed by atoms with van der Waals surface area (Å²) in [5.41, 5.74) is 2.48. The fourth-order valence-electron chi connectivity index (χ4n) is 2.60. The molecule has 0 saturated carbocycles. The molecule has 1 fully saturated rings. The standard InChI is InChI=1S/C15H20N2O/c1-11(2)13-5-6-17(9-13)15-4-3-12(10-18)7-14(15)8-16/h3-4,7,11,13,18H,5-6,9-10H2,1-2H3. The summed E-state index contributed by atoms with van der Waals surface area (Å²) in [6.07, 6.45) is 1.20. The van der Waals surface area contributed by atoms with Crippen LogP contribution >= 0.6 is 0 Å². The van der Waals surface area contributed by atoms with Gasteiger partial charge in [-0.15, -0.1) is 0 Å². The number of aliphatic hydroxyl groups excluding tert-OH is 1. The van der Waals surface area contributed by atoms with Crippen LogP contribution in [0.15, 0.2) is 18.2 Å². The molecule has 1 aromatic rings. The average molecular weight is 244 g/mol. The number of rotatable bonds is 3. The molecule has 1 saturated heterocycles. The second-order valence-corrected chi connectivity index (χ2v) is 5.36. The summed E-state index contributed by atoms with van der Waals surface area (Å²) in [6.45, 7) is 6.56. The van der Waals surface area contributed by atoms with Crippen molar-refractivity contribution in [1.29, 1.82) is 5.26 Å². The molecular weight excluding hydrogens is 224 g/mol. The second kappa shape index (κ2) is 5.41. The number of aliphatic hydroxyl groups is 1. The summed E-state index contributed by atoms with van der Waals surface area (Å²) >= 11 is 0. The van der Waals surface area contributed by atoms with Gasteiger partial charge in [-0.25, -0.2) is 0 Å². The molecule has 1 aromatic carbocycles. The zero-order valence-corrected chi connectivity index (χ0v) is 11.1. The van der Waals surface area contributed by atoms with Crippen molar-refractivity contribution in [1.82, 2.24) is 0 Å². The lowest BCUT2D eigenvalue weighted by Crippen LogP contribution is -2.22. The third kappa shape index (κ3) is 2.49. The first-order valence-corrected chi connectivity index (χ1v) is 6.54. The molecule has 3 heteroatoms. The van der Waals surface area contributed by atoms with Gasteiger partial charge in [0.05, 0.1) is 17.9 Å². The molecule has 96 valence electrons. The maximum atomic E-state index is 9.22. The van der Waals surface area contributed by atoms with E-state index in [1.54, 1.807) is 6.07 Å². The van der Waals surface area contributed by atoms with Crippen molar-refractivity contribution in [2.75, 3.05) is 18.0 Å². The van der Waals surface area contributed by atoms with Gasteiger partial charge in [0.1, 0.15) is 6.07 Å². The predicted molar refractivity (Wildman–Crippen MR) is 72.2 cm³/mol. The zero-order chi connectivity index (χ0) is 13.1. The lowest BCUT2D eigenvalue weighted by atomic mass is 9.95. The Morgan fingerprint density at radius 3 is 2.83 bits per heavy atom. The monoisotopic (exact) mass is 244 g/mol. The molecule has 1 aliphatic heterocycles. The lowest BCUT2D eigenvalue weighted by molar-refractivity contribution is 0.282. The van der Waals surface area contributed by atoms with E-state index in [2.05, 4.69) is 24.8 Å². The van der Waals surface area contributed by atoms with Crippen LogP contribution in [-0.2, 0) is 6.61 Å². The average Bonchev–Trinajstić information content (AvgIpc) is 2.87. The fraction of sp³-hybridized carbons (Fsp3) is 0.533. The number of nitrogens with zero attached hydrogens (tertiary/aromatic N) is 2. The maximum Gasteiger partial charge on any atom is 0.101 e. The highest BCUT2D eigenvalue weighted by molar-refractivity contribution is 5.61. The molecule has 0 bridgehead atoms. The molecule has 0 aliphatic carbocycles. The van der Waals surface area contributed by atoms with Crippen LogP contribution in [0, 0.1) is 23.2 Å².